The zero-order valence-electron chi connectivity index (χ0n) is 8.94. The van der Waals surface area contributed by atoms with Crippen molar-refractivity contribution in [2.45, 2.75) is 6.54 Å². The topological polar surface area (TPSA) is 129 Å². The standard InChI is InChI=1S/C8H8N6O3S/c9-10-8-6(11-12-18-8)4-13-3-5(14(16)17)1-2-7(13)15/h1-3,10H,4,9H2. The fraction of sp³-hybridized carbons (Fsp3) is 0.125. The summed E-state index contributed by atoms with van der Waals surface area (Å²) in [4.78, 5) is 21.6. The molecule has 0 saturated carbocycles. The van der Waals surface area contributed by atoms with Crippen molar-refractivity contribution in [2.75, 3.05) is 5.43 Å². The molecule has 0 aliphatic heterocycles. The van der Waals surface area contributed by atoms with Gasteiger partial charge >= 0.3 is 0 Å². The molecule has 0 unspecified atom stereocenters. The minimum atomic E-state index is -0.572. The highest BCUT2D eigenvalue weighted by molar-refractivity contribution is 7.10. The first-order valence-corrected chi connectivity index (χ1v) is 5.52. The van der Waals surface area contributed by atoms with Crippen LogP contribution in [0.25, 0.3) is 0 Å². The van der Waals surface area contributed by atoms with E-state index in [2.05, 4.69) is 15.0 Å². The summed E-state index contributed by atoms with van der Waals surface area (Å²) in [5.74, 6) is 5.25. The average Bonchev–Trinajstić information content (AvgIpc) is 2.79. The van der Waals surface area contributed by atoms with Crippen molar-refractivity contribution in [1.82, 2.24) is 14.2 Å². The first-order valence-electron chi connectivity index (χ1n) is 4.74. The number of nitrogen functional groups attached to an aromatic ring is 1. The van der Waals surface area contributed by atoms with Gasteiger partial charge in [-0.1, -0.05) is 4.49 Å². The van der Waals surface area contributed by atoms with Crippen LogP contribution in [0.3, 0.4) is 0 Å². The second-order valence-corrected chi connectivity index (χ2v) is 4.06. The van der Waals surface area contributed by atoms with E-state index in [4.69, 9.17) is 5.84 Å². The summed E-state index contributed by atoms with van der Waals surface area (Å²) in [6, 6.07) is 2.29. The Labute approximate surface area is 104 Å². The molecule has 2 aromatic rings. The smallest absolute Gasteiger partial charge is 0.285 e. The van der Waals surface area contributed by atoms with Crippen molar-refractivity contribution in [2.24, 2.45) is 5.84 Å². The number of anilines is 1. The Hall–Kier alpha value is -2.33. The maximum Gasteiger partial charge on any atom is 0.285 e. The minimum absolute atomic E-state index is 0.0660. The van der Waals surface area contributed by atoms with Gasteiger partial charge < -0.3 is 9.99 Å². The van der Waals surface area contributed by atoms with Crippen molar-refractivity contribution in [3.05, 3.63) is 44.5 Å². The van der Waals surface area contributed by atoms with Gasteiger partial charge in [-0.3, -0.25) is 14.9 Å². The largest absolute Gasteiger partial charge is 0.313 e. The van der Waals surface area contributed by atoms with Gasteiger partial charge in [0.25, 0.3) is 11.2 Å². The molecule has 0 aliphatic carbocycles. The molecule has 0 fully saturated rings. The normalized spacial score (nSPS) is 10.3. The van der Waals surface area contributed by atoms with E-state index >= 15 is 0 Å². The molecular weight excluding hydrogens is 260 g/mol. The Balaban J connectivity index is 2.37. The number of hydrazine groups is 1. The molecule has 0 saturated heterocycles. The molecule has 94 valence electrons. The molecule has 0 atom stereocenters. The van der Waals surface area contributed by atoms with E-state index in [1.165, 1.54) is 4.57 Å². The molecule has 18 heavy (non-hydrogen) atoms. The monoisotopic (exact) mass is 268 g/mol. The molecule has 0 amide bonds. The molecule has 2 rings (SSSR count). The Morgan fingerprint density at radius 1 is 1.56 bits per heavy atom. The molecule has 2 heterocycles. The molecule has 0 radical (unpaired) electrons. The molecule has 3 N–H and O–H groups in total. The van der Waals surface area contributed by atoms with Gasteiger partial charge in [0, 0.05) is 23.7 Å². The van der Waals surface area contributed by atoms with Crippen molar-refractivity contribution in [3.63, 3.8) is 0 Å². The lowest BCUT2D eigenvalue weighted by Gasteiger charge is -2.03. The fourth-order valence-corrected chi connectivity index (χ4v) is 1.82. The highest BCUT2D eigenvalue weighted by atomic mass is 32.1. The predicted octanol–water partition coefficient (Wildman–Crippen LogP) is -0.0581. The van der Waals surface area contributed by atoms with Crippen LogP contribution >= 0.6 is 11.5 Å². The predicted molar refractivity (Wildman–Crippen MR) is 64.2 cm³/mol. The van der Waals surface area contributed by atoms with Gasteiger partial charge in [-0.25, -0.2) is 5.84 Å². The molecule has 0 bridgehead atoms. The highest BCUT2D eigenvalue weighted by Gasteiger charge is 2.11. The number of nitrogens with zero attached hydrogens (tertiary/aromatic N) is 4. The van der Waals surface area contributed by atoms with Crippen LogP contribution in [0.2, 0.25) is 0 Å². The third-order valence-corrected chi connectivity index (χ3v) is 2.88. The zero-order chi connectivity index (χ0) is 13.1. The third-order valence-electron chi connectivity index (χ3n) is 2.19. The Kier molecular flexibility index (Phi) is 3.30. The summed E-state index contributed by atoms with van der Waals surface area (Å²) in [7, 11) is 0. The van der Waals surface area contributed by atoms with Crippen molar-refractivity contribution >= 4 is 22.2 Å². The summed E-state index contributed by atoms with van der Waals surface area (Å²) < 4.78 is 4.85. The van der Waals surface area contributed by atoms with E-state index in [0.29, 0.717) is 10.7 Å². The molecule has 0 aromatic carbocycles. The number of pyridine rings is 1. The van der Waals surface area contributed by atoms with E-state index in [-0.39, 0.29) is 17.8 Å². The minimum Gasteiger partial charge on any atom is -0.313 e. The van der Waals surface area contributed by atoms with Crippen molar-refractivity contribution in [1.29, 1.82) is 0 Å². The number of nitrogens with two attached hydrogens (primary N) is 1. The Morgan fingerprint density at radius 2 is 2.33 bits per heavy atom. The maximum atomic E-state index is 11.6. The van der Waals surface area contributed by atoms with E-state index in [1.54, 1.807) is 0 Å². The number of hydrogen-bond donors (Lipinski definition) is 2. The third kappa shape index (κ3) is 2.33. The van der Waals surface area contributed by atoms with Gasteiger partial charge in [-0.2, -0.15) is 0 Å². The molecule has 0 aliphatic rings. The summed E-state index contributed by atoms with van der Waals surface area (Å²) in [5.41, 5.74) is 2.32. The van der Waals surface area contributed by atoms with E-state index in [1.807, 2.05) is 0 Å². The van der Waals surface area contributed by atoms with Gasteiger partial charge in [0.2, 0.25) is 0 Å². The average molecular weight is 268 g/mol. The first kappa shape index (κ1) is 12.1. The second kappa shape index (κ2) is 4.89. The van der Waals surface area contributed by atoms with Crippen LogP contribution in [-0.2, 0) is 6.54 Å². The van der Waals surface area contributed by atoms with Gasteiger partial charge in [0.15, 0.2) is 0 Å². The molecule has 2 aromatic heterocycles. The highest BCUT2D eigenvalue weighted by Crippen LogP contribution is 2.17. The lowest BCUT2D eigenvalue weighted by Crippen LogP contribution is -2.20. The van der Waals surface area contributed by atoms with Gasteiger partial charge in [0.1, 0.15) is 10.7 Å². The van der Waals surface area contributed by atoms with Crippen LogP contribution in [0.15, 0.2) is 23.1 Å². The summed E-state index contributed by atoms with van der Waals surface area (Å²) in [5, 5.41) is 14.9. The lowest BCUT2D eigenvalue weighted by molar-refractivity contribution is -0.385. The number of nitro groups is 1. The lowest BCUT2D eigenvalue weighted by atomic mass is 10.4. The quantitative estimate of drug-likeness (QED) is 0.451. The molecule has 0 spiro atoms. The first-order chi connectivity index (χ1) is 8.61. The van der Waals surface area contributed by atoms with Crippen molar-refractivity contribution < 1.29 is 4.92 Å². The zero-order valence-corrected chi connectivity index (χ0v) is 9.75. The fourth-order valence-electron chi connectivity index (χ4n) is 1.33. The number of hydrogen-bond acceptors (Lipinski definition) is 8. The Bertz CT molecular complexity index is 636. The molecular formula is C8H8N6O3S. The number of aromatic nitrogens is 3. The second-order valence-electron chi connectivity index (χ2n) is 3.30. The molecule has 9 nitrogen and oxygen atoms in total. The van der Waals surface area contributed by atoms with Gasteiger partial charge in [0.05, 0.1) is 17.7 Å². The maximum absolute atomic E-state index is 11.6. The van der Waals surface area contributed by atoms with Crippen LogP contribution in [0.5, 0.6) is 0 Å². The summed E-state index contributed by atoms with van der Waals surface area (Å²) >= 11 is 1.04. The van der Waals surface area contributed by atoms with Crippen LogP contribution < -0.4 is 16.8 Å². The van der Waals surface area contributed by atoms with Crippen LogP contribution in [0, 0.1) is 10.1 Å². The van der Waals surface area contributed by atoms with Gasteiger partial charge in [-0.15, -0.1) is 5.10 Å². The van der Waals surface area contributed by atoms with Crippen LogP contribution in [-0.4, -0.2) is 19.1 Å². The van der Waals surface area contributed by atoms with Crippen LogP contribution in [0.1, 0.15) is 5.69 Å². The summed E-state index contributed by atoms with van der Waals surface area (Å²) in [6.45, 7) is 0.0660. The number of rotatable bonds is 4. The van der Waals surface area contributed by atoms with Crippen molar-refractivity contribution in [3.8, 4) is 0 Å². The van der Waals surface area contributed by atoms with E-state index in [9.17, 15) is 14.9 Å². The summed E-state index contributed by atoms with van der Waals surface area (Å²) in [6.07, 6.45) is 1.15. The van der Waals surface area contributed by atoms with Crippen LogP contribution in [0.4, 0.5) is 10.7 Å². The van der Waals surface area contributed by atoms with E-state index in [0.717, 1.165) is 29.9 Å². The SMILES string of the molecule is NNc1snnc1Cn1cc([N+](=O)[O-])ccc1=O. The number of nitrogens with one attached hydrogen (secondary N) is 1. The van der Waals surface area contributed by atoms with E-state index < -0.39 is 4.92 Å². The Morgan fingerprint density at radius 3 is 3.00 bits per heavy atom. The van der Waals surface area contributed by atoms with Gasteiger partial charge in [-0.05, 0) is 0 Å². The molecule has 10 heteroatoms.